The van der Waals surface area contributed by atoms with Gasteiger partial charge >= 0.3 is 6.03 Å². The SMILES string of the molecule is CCNC(=O)c1cccc(NC(=O)NC(C)CC)c1. The Morgan fingerprint density at radius 1 is 1.26 bits per heavy atom. The molecule has 19 heavy (non-hydrogen) atoms. The lowest BCUT2D eigenvalue weighted by Crippen LogP contribution is -2.35. The van der Waals surface area contributed by atoms with E-state index in [-0.39, 0.29) is 18.0 Å². The van der Waals surface area contributed by atoms with Crippen LogP contribution in [0.5, 0.6) is 0 Å². The third kappa shape index (κ3) is 4.99. The zero-order valence-corrected chi connectivity index (χ0v) is 11.6. The van der Waals surface area contributed by atoms with Gasteiger partial charge in [0.2, 0.25) is 0 Å². The molecule has 0 aliphatic carbocycles. The van der Waals surface area contributed by atoms with E-state index >= 15 is 0 Å². The summed E-state index contributed by atoms with van der Waals surface area (Å²) in [4.78, 5) is 23.3. The van der Waals surface area contributed by atoms with Crippen molar-refractivity contribution in [2.75, 3.05) is 11.9 Å². The molecule has 0 saturated carbocycles. The molecule has 0 aliphatic heterocycles. The molecule has 5 heteroatoms. The van der Waals surface area contributed by atoms with Crippen molar-refractivity contribution in [2.45, 2.75) is 33.2 Å². The van der Waals surface area contributed by atoms with Gasteiger partial charge in [0.1, 0.15) is 0 Å². The third-order valence-corrected chi connectivity index (χ3v) is 2.71. The van der Waals surface area contributed by atoms with E-state index in [1.807, 2.05) is 20.8 Å². The van der Waals surface area contributed by atoms with Gasteiger partial charge in [-0.2, -0.15) is 0 Å². The molecule has 3 amide bonds. The number of carbonyl (C=O) groups is 2. The van der Waals surface area contributed by atoms with Gasteiger partial charge in [0.15, 0.2) is 0 Å². The number of amides is 3. The fourth-order valence-electron chi connectivity index (χ4n) is 1.49. The molecule has 5 nitrogen and oxygen atoms in total. The Kier molecular flexibility index (Phi) is 5.85. The molecule has 0 fully saturated rings. The molecule has 1 unspecified atom stereocenters. The Labute approximate surface area is 113 Å². The number of nitrogens with one attached hydrogen (secondary N) is 3. The molecule has 0 radical (unpaired) electrons. The van der Waals surface area contributed by atoms with Crippen LogP contribution in [0.25, 0.3) is 0 Å². The lowest BCUT2D eigenvalue weighted by molar-refractivity contribution is 0.0956. The highest BCUT2D eigenvalue weighted by Crippen LogP contribution is 2.10. The second-order valence-electron chi connectivity index (χ2n) is 4.35. The Morgan fingerprint density at radius 3 is 2.63 bits per heavy atom. The molecule has 0 bridgehead atoms. The minimum atomic E-state index is -0.262. The molecule has 1 atom stereocenters. The maximum absolute atomic E-state index is 11.7. The Hall–Kier alpha value is -2.04. The first kappa shape index (κ1) is 15.0. The number of urea groups is 1. The molecule has 0 aliphatic rings. The van der Waals surface area contributed by atoms with Gasteiger partial charge in [-0.25, -0.2) is 4.79 Å². The van der Waals surface area contributed by atoms with Crippen molar-refractivity contribution >= 4 is 17.6 Å². The number of rotatable bonds is 5. The van der Waals surface area contributed by atoms with E-state index in [1.54, 1.807) is 24.3 Å². The van der Waals surface area contributed by atoms with Crippen molar-refractivity contribution in [3.8, 4) is 0 Å². The Balaban J connectivity index is 2.66. The summed E-state index contributed by atoms with van der Waals surface area (Å²) in [7, 11) is 0. The molecular formula is C14H21N3O2. The standard InChI is InChI=1S/C14H21N3O2/c1-4-10(3)16-14(19)17-12-8-6-7-11(9-12)13(18)15-5-2/h6-10H,4-5H2,1-3H3,(H,15,18)(H2,16,17,19). The van der Waals surface area contributed by atoms with Crippen LogP contribution in [0.3, 0.4) is 0 Å². The summed E-state index contributed by atoms with van der Waals surface area (Å²) in [6, 6.07) is 6.71. The van der Waals surface area contributed by atoms with Gasteiger partial charge in [-0.05, 0) is 38.5 Å². The molecule has 0 spiro atoms. The minimum absolute atomic E-state index is 0.117. The Bertz CT molecular complexity index is 446. The molecule has 0 aromatic heterocycles. The number of anilines is 1. The molecular weight excluding hydrogens is 242 g/mol. The molecule has 104 valence electrons. The summed E-state index contributed by atoms with van der Waals surface area (Å²) < 4.78 is 0. The fourth-order valence-corrected chi connectivity index (χ4v) is 1.49. The summed E-state index contributed by atoms with van der Waals surface area (Å²) in [5, 5.41) is 8.23. The quantitative estimate of drug-likeness (QED) is 0.763. The molecule has 0 heterocycles. The highest BCUT2D eigenvalue weighted by molar-refractivity contribution is 5.96. The third-order valence-electron chi connectivity index (χ3n) is 2.71. The van der Waals surface area contributed by atoms with Gasteiger partial charge in [-0.3, -0.25) is 4.79 Å². The second-order valence-corrected chi connectivity index (χ2v) is 4.35. The second kappa shape index (κ2) is 7.41. The van der Waals surface area contributed by atoms with Crippen LogP contribution in [0.4, 0.5) is 10.5 Å². The number of hydrogen-bond donors (Lipinski definition) is 3. The monoisotopic (exact) mass is 263 g/mol. The topological polar surface area (TPSA) is 70.2 Å². The number of carbonyl (C=O) groups excluding carboxylic acids is 2. The average Bonchev–Trinajstić information content (AvgIpc) is 2.39. The molecule has 1 rings (SSSR count). The number of hydrogen-bond acceptors (Lipinski definition) is 2. The van der Waals surface area contributed by atoms with Crippen LogP contribution in [0.2, 0.25) is 0 Å². The van der Waals surface area contributed by atoms with Gasteiger partial charge in [-0.15, -0.1) is 0 Å². The van der Waals surface area contributed by atoms with Crippen LogP contribution in [-0.4, -0.2) is 24.5 Å². The first-order valence-corrected chi connectivity index (χ1v) is 6.52. The Morgan fingerprint density at radius 2 is 2.00 bits per heavy atom. The highest BCUT2D eigenvalue weighted by atomic mass is 16.2. The fraction of sp³-hybridized carbons (Fsp3) is 0.429. The van der Waals surface area contributed by atoms with Crippen LogP contribution in [0.15, 0.2) is 24.3 Å². The predicted octanol–water partition coefficient (Wildman–Crippen LogP) is 2.36. The van der Waals surface area contributed by atoms with Crippen molar-refractivity contribution in [1.82, 2.24) is 10.6 Å². The van der Waals surface area contributed by atoms with Crippen LogP contribution in [0, 0.1) is 0 Å². The van der Waals surface area contributed by atoms with E-state index in [4.69, 9.17) is 0 Å². The van der Waals surface area contributed by atoms with E-state index in [0.717, 1.165) is 6.42 Å². The zero-order chi connectivity index (χ0) is 14.3. The predicted molar refractivity (Wildman–Crippen MR) is 76.4 cm³/mol. The van der Waals surface area contributed by atoms with Crippen molar-refractivity contribution in [3.63, 3.8) is 0 Å². The van der Waals surface area contributed by atoms with Crippen molar-refractivity contribution < 1.29 is 9.59 Å². The number of benzene rings is 1. The minimum Gasteiger partial charge on any atom is -0.352 e. The van der Waals surface area contributed by atoms with E-state index < -0.39 is 0 Å². The molecule has 1 aromatic rings. The highest BCUT2D eigenvalue weighted by Gasteiger charge is 2.08. The molecule has 0 saturated heterocycles. The van der Waals surface area contributed by atoms with Crippen LogP contribution in [0.1, 0.15) is 37.6 Å². The first-order valence-electron chi connectivity index (χ1n) is 6.52. The van der Waals surface area contributed by atoms with Crippen molar-refractivity contribution in [2.24, 2.45) is 0 Å². The lowest BCUT2D eigenvalue weighted by Gasteiger charge is -2.13. The summed E-state index contributed by atoms with van der Waals surface area (Å²) in [6.45, 7) is 6.37. The van der Waals surface area contributed by atoms with E-state index in [1.165, 1.54) is 0 Å². The van der Waals surface area contributed by atoms with Crippen LogP contribution >= 0.6 is 0 Å². The largest absolute Gasteiger partial charge is 0.352 e. The molecule has 3 N–H and O–H groups in total. The maximum atomic E-state index is 11.7. The van der Waals surface area contributed by atoms with Crippen LogP contribution < -0.4 is 16.0 Å². The van der Waals surface area contributed by atoms with Gasteiger partial charge in [0, 0.05) is 23.8 Å². The van der Waals surface area contributed by atoms with Gasteiger partial charge in [0.05, 0.1) is 0 Å². The summed E-state index contributed by atoms with van der Waals surface area (Å²) in [6.07, 6.45) is 0.867. The normalized spacial score (nSPS) is 11.5. The zero-order valence-electron chi connectivity index (χ0n) is 11.6. The lowest BCUT2D eigenvalue weighted by atomic mass is 10.2. The summed E-state index contributed by atoms with van der Waals surface area (Å²) >= 11 is 0. The van der Waals surface area contributed by atoms with E-state index in [9.17, 15) is 9.59 Å². The van der Waals surface area contributed by atoms with E-state index in [2.05, 4.69) is 16.0 Å². The van der Waals surface area contributed by atoms with Crippen LogP contribution in [-0.2, 0) is 0 Å². The summed E-state index contributed by atoms with van der Waals surface area (Å²) in [5.41, 5.74) is 1.13. The van der Waals surface area contributed by atoms with Crippen molar-refractivity contribution in [1.29, 1.82) is 0 Å². The van der Waals surface area contributed by atoms with Gasteiger partial charge < -0.3 is 16.0 Å². The van der Waals surface area contributed by atoms with Crippen molar-refractivity contribution in [3.05, 3.63) is 29.8 Å². The van der Waals surface area contributed by atoms with Gasteiger partial charge in [0.25, 0.3) is 5.91 Å². The van der Waals surface area contributed by atoms with E-state index in [0.29, 0.717) is 17.8 Å². The summed E-state index contributed by atoms with van der Waals surface area (Å²) in [5.74, 6) is -0.145. The smallest absolute Gasteiger partial charge is 0.319 e. The maximum Gasteiger partial charge on any atom is 0.319 e. The molecule has 1 aromatic carbocycles. The van der Waals surface area contributed by atoms with Gasteiger partial charge in [-0.1, -0.05) is 13.0 Å². The first-order chi connectivity index (χ1) is 9.06. The average molecular weight is 263 g/mol.